The van der Waals surface area contributed by atoms with Crippen LogP contribution in [-0.2, 0) is 0 Å². The molecule has 0 aliphatic carbocycles. The molecule has 0 aliphatic heterocycles. The molecule has 0 nitrogen and oxygen atoms in total. The molecular formula is C38H24. The van der Waals surface area contributed by atoms with E-state index in [2.05, 4.69) is 146 Å². The predicted octanol–water partition coefficient (Wildman–Crippen LogP) is 10.8. The summed E-state index contributed by atoms with van der Waals surface area (Å²) >= 11 is 0. The Morgan fingerprint density at radius 2 is 0.711 bits per heavy atom. The van der Waals surface area contributed by atoms with E-state index in [1.54, 1.807) is 0 Å². The van der Waals surface area contributed by atoms with Crippen LogP contribution in [-0.4, -0.2) is 0 Å². The number of rotatable bonds is 2. The van der Waals surface area contributed by atoms with Gasteiger partial charge in [-0.1, -0.05) is 133 Å². The fourth-order valence-electron chi connectivity index (χ4n) is 6.25. The van der Waals surface area contributed by atoms with Gasteiger partial charge < -0.3 is 0 Å². The van der Waals surface area contributed by atoms with E-state index in [0.29, 0.717) is 0 Å². The molecular weight excluding hydrogens is 456 g/mol. The van der Waals surface area contributed by atoms with Gasteiger partial charge in [-0.05, 0) is 88.2 Å². The smallest absolute Gasteiger partial charge is 0.00141 e. The molecule has 0 bridgehead atoms. The van der Waals surface area contributed by atoms with Crippen LogP contribution in [0.3, 0.4) is 0 Å². The molecule has 8 aromatic carbocycles. The van der Waals surface area contributed by atoms with E-state index < -0.39 is 0 Å². The second-order valence-corrected chi connectivity index (χ2v) is 10.1. The Bertz CT molecular complexity index is 2180. The number of hydrogen-bond acceptors (Lipinski definition) is 0. The van der Waals surface area contributed by atoms with Crippen molar-refractivity contribution in [3.63, 3.8) is 0 Å². The Morgan fingerprint density at radius 1 is 0.263 bits per heavy atom. The Balaban J connectivity index is 1.58. The molecule has 0 fully saturated rings. The van der Waals surface area contributed by atoms with Gasteiger partial charge >= 0.3 is 0 Å². The number of benzene rings is 8. The molecule has 8 rings (SSSR count). The minimum Gasteiger partial charge on any atom is -0.0616 e. The molecule has 0 saturated heterocycles. The third-order valence-corrected chi connectivity index (χ3v) is 7.99. The lowest BCUT2D eigenvalue weighted by Crippen LogP contribution is -1.92. The van der Waals surface area contributed by atoms with Gasteiger partial charge in [-0.3, -0.25) is 0 Å². The highest BCUT2D eigenvalue weighted by atomic mass is 14.2. The molecule has 0 unspecified atom stereocenters. The predicted molar refractivity (Wildman–Crippen MR) is 165 cm³/mol. The zero-order chi connectivity index (χ0) is 25.1. The fourth-order valence-corrected chi connectivity index (χ4v) is 6.25. The first-order valence-corrected chi connectivity index (χ1v) is 13.2. The van der Waals surface area contributed by atoms with Crippen molar-refractivity contribution in [3.05, 3.63) is 146 Å². The van der Waals surface area contributed by atoms with Gasteiger partial charge in [0.25, 0.3) is 0 Å². The molecule has 0 aliphatic rings. The van der Waals surface area contributed by atoms with Gasteiger partial charge in [0.2, 0.25) is 0 Å². The molecule has 8 aromatic rings. The van der Waals surface area contributed by atoms with Crippen LogP contribution in [0.4, 0.5) is 0 Å². The van der Waals surface area contributed by atoms with Crippen molar-refractivity contribution in [1.29, 1.82) is 0 Å². The van der Waals surface area contributed by atoms with Gasteiger partial charge in [0.05, 0.1) is 0 Å². The lowest BCUT2D eigenvalue weighted by atomic mass is 9.83. The first-order valence-electron chi connectivity index (χ1n) is 13.2. The monoisotopic (exact) mass is 480 g/mol. The Hall–Kier alpha value is -4.94. The van der Waals surface area contributed by atoms with Gasteiger partial charge in [0.1, 0.15) is 0 Å². The summed E-state index contributed by atoms with van der Waals surface area (Å²) in [6.45, 7) is 0. The summed E-state index contributed by atoms with van der Waals surface area (Å²) in [5.74, 6) is 0. The second kappa shape index (κ2) is 8.30. The van der Waals surface area contributed by atoms with Gasteiger partial charge in [0.15, 0.2) is 0 Å². The maximum atomic E-state index is 2.36. The molecule has 0 spiro atoms. The lowest BCUT2D eigenvalue weighted by molar-refractivity contribution is 1.69. The van der Waals surface area contributed by atoms with E-state index >= 15 is 0 Å². The van der Waals surface area contributed by atoms with Crippen LogP contribution in [0.1, 0.15) is 0 Å². The Morgan fingerprint density at radius 3 is 1.34 bits per heavy atom. The zero-order valence-corrected chi connectivity index (χ0v) is 20.9. The van der Waals surface area contributed by atoms with Crippen LogP contribution < -0.4 is 0 Å². The van der Waals surface area contributed by atoms with E-state index in [1.165, 1.54) is 76.1 Å². The average Bonchev–Trinajstić information content (AvgIpc) is 2.99. The molecule has 0 N–H and O–H groups in total. The van der Waals surface area contributed by atoms with Crippen molar-refractivity contribution < 1.29 is 0 Å². The summed E-state index contributed by atoms with van der Waals surface area (Å²) in [5, 5.41) is 12.8. The summed E-state index contributed by atoms with van der Waals surface area (Å²) in [6.07, 6.45) is 0. The molecule has 0 atom stereocenters. The van der Waals surface area contributed by atoms with Crippen molar-refractivity contribution in [3.8, 4) is 22.3 Å². The first kappa shape index (κ1) is 21.2. The topological polar surface area (TPSA) is 0 Å². The van der Waals surface area contributed by atoms with Crippen LogP contribution >= 0.6 is 0 Å². The summed E-state index contributed by atoms with van der Waals surface area (Å²) in [6, 6.07) is 53.4. The van der Waals surface area contributed by atoms with Crippen LogP contribution in [0.25, 0.3) is 76.1 Å². The van der Waals surface area contributed by atoms with Crippen molar-refractivity contribution in [2.45, 2.75) is 0 Å². The maximum Gasteiger partial charge on any atom is -0.00141 e. The third-order valence-electron chi connectivity index (χ3n) is 7.99. The summed E-state index contributed by atoms with van der Waals surface area (Å²) in [5.41, 5.74) is 5.12. The number of fused-ring (bicyclic) bond motifs is 6. The van der Waals surface area contributed by atoms with Crippen molar-refractivity contribution >= 4 is 53.9 Å². The molecule has 0 aromatic heterocycles. The molecule has 0 heterocycles. The largest absolute Gasteiger partial charge is 0.0616 e. The summed E-state index contributed by atoms with van der Waals surface area (Å²) < 4.78 is 0. The fraction of sp³-hybridized carbons (Fsp3) is 0. The van der Waals surface area contributed by atoms with Gasteiger partial charge in [-0.2, -0.15) is 0 Å². The Labute approximate surface area is 221 Å². The zero-order valence-electron chi connectivity index (χ0n) is 20.9. The molecule has 176 valence electrons. The highest BCUT2D eigenvalue weighted by Gasteiger charge is 2.19. The van der Waals surface area contributed by atoms with Crippen molar-refractivity contribution in [2.24, 2.45) is 0 Å². The van der Waals surface area contributed by atoms with Gasteiger partial charge in [-0.25, -0.2) is 0 Å². The SMILES string of the molecule is c1ccc2cc(-c3c4ccccc4c(-c4ccc5ccccc5c4)c4c3ccc3ccccc34)ccc2c1. The summed E-state index contributed by atoms with van der Waals surface area (Å²) in [4.78, 5) is 0. The molecule has 0 amide bonds. The standard InChI is InChI=1S/C38H24/c1-3-12-28-23-30(19-17-25(28)9-1)36-33-15-7-8-16-34(33)37(31-20-18-26-10-2-4-13-29(26)24-31)38-32-14-6-5-11-27(32)21-22-35(36)38/h1-24H. The third kappa shape index (κ3) is 3.17. The quantitative estimate of drug-likeness (QED) is 0.170. The van der Waals surface area contributed by atoms with Crippen LogP contribution in [0.5, 0.6) is 0 Å². The van der Waals surface area contributed by atoms with Gasteiger partial charge in [0, 0.05) is 0 Å². The second-order valence-electron chi connectivity index (χ2n) is 10.1. The van der Waals surface area contributed by atoms with Crippen molar-refractivity contribution in [1.82, 2.24) is 0 Å². The molecule has 0 saturated carbocycles. The number of hydrogen-bond donors (Lipinski definition) is 0. The summed E-state index contributed by atoms with van der Waals surface area (Å²) in [7, 11) is 0. The highest BCUT2D eigenvalue weighted by molar-refractivity contribution is 6.28. The van der Waals surface area contributed by atoms with Crippen LogP contribution in [0.2, 0.25) is 0 Å². The Kier molecular flexibility index (Phi) is 4.62. The van der Waals surface area contributed by atoms with E-state index in [0.717, 1.165) is 0 Å². The lowest BCUT2D eigenvalue weighted by Gasteiger charge is -2.20. The minimum absolute atomic E-state index is 1.25. The maximum absolute atomic E-state index is 2.36. The minimum atomic E-state index is 1.25. The van der Waals surface area contributed by atoms with Gasteiger partial charge in [-0.15, -0.1) is 0 Å². The van der Waals surface area contributed by atoms with Crippen LogP contribution in [0, 0.1) is 0 Å². The normalized spacial score (nSPS) is 11.7. The molecule has 38 heavy (non-hydrogen) atoms. The van der Waals surface area contributed by atoms with E-state index in [-0.39, 0.29) is 0 Å². The van der Waals surface area contributed by atoms with E-state index in [9.17, 15) is 0 Å². The van der Waals surface area contributed by atoms with E-state index in [4.69, 9.17) is 0 Å². The molecule has 0 heteroatoms. The average molecular weight is 481 g/mol. The van der Waals surface area contributed by atoms with E-state index in [1.807, 2.05) is 0 Å². The van der Waals surface area contributed by atoms with Crippen LogP contribution in [0.15, 0.2) is 146 Å². The highest BCUT2D eigenvalue weighted by Crippen LogP contribution is 2.46. The molecule has 0 radical (unpaired) electrons. The first-order chi connectivity index (χ1) is 18.8. The van der Waals surface area contributed by atoms with Crippen molar-refractivity contribution in [2.75, 3.05) is 0 Å².